The fourth-order valence-corrected chi connectivity index (χ4v) is 4.46. The second kappa shape index (κ2) is 9.37. The minimum absolute atomic E-state index is 0.0146. The summed E-state index contributed by atoms with van der Waals surface area (Å²) in [5.41, 5.74) is 3.02. The van der Waals surface area contributed by atoms with Gasteiger partial charge >= 0.3 is 5.97 Å². The van der Waals surface area contributed by atoms with Crippen molar-refractivity contribution in [2.45, 2.75) is 33.1 Å². The summed E-state index contributed by atoms with van der Waals surface area (Å²) in [6.45, 7) is 7.90. The van der Waals surface area contributed by atoms with Crippen molar-refractivity contribution in [2.75, 3.05) is 25.0 Å². The number of benzene rings is 2. The SMILES string of the molecule is CCOC(=O)C1=CN(C(=O)c2ccc(F)cc2)CC(C)(C)c2c1[nH]c1ccc(NCC(C)=O)cc21. The number of hydrogen-bond donors (Lipinski definition) is 2. The smallest absolute Gasteiger partial charge is 0.341 e. The quantitative estimate of drug-likeness (QED) is 0.505. The molecule has 1 aromatic heterocycles. The molecule has 4 rings (SSSR count). The van der Waals surface area contributed by atoms with E-state index in [0.29, 0.717) is 11.3 Å². The number of carbonyl (C=O) groups excluding carboxylic acids is 3. The number of carbonyl (C=O) groups is 3. The van der Waals surface area contributed by atoms with E-state index in [1.54, 1.807) is 6.92 Å². The molecule has 0 aliphatic carbocycles. The van der Waals surface area contributed by atoms with Gasteiger partial charge in [-0.05, 0) is 61.9 Å². The van der Waals surface area contributed by atoms with Gasteiger partial charge in [-0.15, -0.1) is 0 Å². The third kappa shape index (κ3) is 4.82. The predicted molar refractivity (Wildman–Crippen MR) is 133 cm³/mol. The Hall–Kier alpha value is -3.94. The summed E-state index contributed by atoms with van der Waals surface area (Å²) in [6, 6.07) is 11.0. The zero-order chi connectivity index (χ0) is 25.3. The molecule has 8 heteroatoms. The van der Waals surface area contributed by atoms with Gasteiger partial charge in [-0.3, -0.25) is 9.59 Å². The largest absolute Gasteiger partial charge is 0.462 e. The lowest BCUT2D eigenvalue weighted by atomic mass is 9.81. The maximum Gasteiger partial charge on any atom is 0.341 e. The maximum absolute atomic E-state index is 13.4. The summed E-state index contributed by atoms with van der Waals surface area (Å²) in [5, 5.41) is 4.00. The standard InChI is InChI=1S/C27H28FN3O4/c1-5-35-26(34)21-14-31(25(33)17-6-8-18(28)9-7-17)15-27(3,4)23-20-12-19(29-13-16(2)32)10-11-22(20)30-24(21)23/h6-12,14,29-30H,5,13,15H2,1-4H3. The Morgan fingerprint density at radius 1 is 1.14 bits per heavy atom. The molecule has 0 bridgehead atoms. The highest BCUT2D eigenvalue weighted by atomic mass is 19.1. The highest BCUT2D eigenvalue weighted by molar-refractivity contribution is 6.18. The average Bonchev–Trinajstić information content (AvgIpc) is 3.14. The van der Waals surface area contributed by atoms with Crippen LogP contribution in [0, 0.1) is 5.82 Å². The van der Waals surface area contributed by atoms with E-state index in [0.717, 1.165) is 22.2 Å². The third-order valence-corrected chi connectivity index (χ3v) is 5.98. The molecule has 2 N–H and O–H groups in total. The molecular formula is C27H28FN3O4. The van der Waals surface area contributed by atoms with Crippen LogP contribution in [-0.4, -0.2) is 47.2 Å². The molecule has 0 spiro atoms. The Morgan fingerprint density at radius 2 is 1.86 bits per heavy atom. The van der Waals surface area contributed by atoms with E-state index in [9.17, 15) is 18.8 Å². The molecule has 0 unspecified atom stereocenters. The molecule has 0 saturated heterocycles. The third-order valence-electron chi connectivity index (χ3n) is 5.98. The Kier molecular flexibility index (Phi) is 6.47. The van der Waals surface area contributed by atoms with Gasteiger partial charge in [-0.2, -0.15) is 0 Å². The van der Waals surface area contributed by atoms with Gasteiger partial charge in [0.1, 0.15) is 11.6 Å². The highest BCUT2D eigenvalue weighted by Crippen LogP contribution is 2.41. The Bertz CT molecular complexity index is 1340. The van der Waals surface area contributed by atoms with Crippen molar-refractivity contribution in [3.8, 4) is 0 Å². The number of ether oxygens (including phenoxy) is 1. The minimum Gasteiger partial charge on any atom is -0.462 e. The number of H-pyrrole nitrogens is 1. The monoisotopic (exact) mass is 477 g/mol. The van der Waals surface area contributed by atoms with Gasteiger partial charge in [0, 0.05) is 40.3 Å². The minimum atomic E-state index is -0.576. The Labute approximate surface area is 203 Å². The number of Topliss-reactive ketones (excluding diaryl/α,β-unsaturated/α-hetero) is 1. The van der Waals surface area contributed by atoms with Crippen molar-refractivity contribution < 1.29 is 23.5 Å². The lowest BCUT2D eigenvalue weighted by Gasteiger charge is -2.29. The second-order valence-electron chi connectivity index (χ2n) is 9.28. The van der Waals surface area contributed by atoms with Crippen molar-refractivity contribution in [3.63, 3.8) is 0 Å². The van der Waals surface area contributed by atoms with Crippen LogP contribution in [0.5, 0.6) is 0 Å². The van der Waals surface area contributed by atoms with Gasteiger partial charge in [0.25, 0.3) is 5.91 Å². The summed E-state index contributed by atoms with van der Waals surface area (Å²) >= 11 is 0. The van der Waals surface area contributed by atoms with Crippen LogP contribution in [0.4, 0.5) is 10.1 Å². The number of aromatic amines is 1. The fraction of sp³-hybridized carbons (Fsp3) is 0.296. The number of esters is 1. The Morgan fingerprint density at radius 3 is 2.51 bits per heavy atom. The lowest BCUT2D eigenvalue weighted by molar-refractivity contribution is -0.136. The first-order chi connectivity index (χ1) is 16.6. The van der Waals surface area contributed by atoms with Crippen molar-refractivity contribution in [1.29, 1.82) is 0 Å². The van der Waals surface area contributed by atoms with E-state index in [1.807, 2.05) is 32.0 Å². The zero-order valence-electron chi connectivity index (χ0n) is 20.2. The molecule has 1 aliphatic rings. The van der Waals surface area contributed by atoms with E-state index in [4.69, 9.17) is 4.74 Å². The maximum atomic E-state index is 13.4. The van der Waals surface area contributed by atoms with Gasteiger partial charge in [0.05, 0.1) is 24.4 Å². The number of hydrogen-bond acceptors (Lipinski definition) is 5. The van der Waals surface area contributed by atoms with Crippen LogP contribution in [-0.2, 0) is 19.7 Å². The first kappa shape index (κ1) is 24.2. The van der Waals surface area contributed by atoms with Crippen LogP contribution < -0.4 is 5.32 Å². The van der Waals surface area contributed by atoms with Gasteiger partial charge < -0.3 is 19.9 Å². The first-order valence-corrected chi connectivity index (χ1v) is 11.5. The predicted octanol–water partition coefficient (Wildman–Crippen LogP) is 4.65. The molecular weight excluding hydrogens is 449 g/mol. The van der Waals surface area contributed by atoms with Crippen LogP contribution in [0.3, 0.4) is 0 Å². The number of nitrogens with zero attached hydrogens (tertiary/aromatic N) is 1. The van der Waals surface area contributed by atoms with E-state index < -0.39 is 17.2 Å². The molecule has 1 aliphatic heterocycles. The van der Waals surface area contributed by atoms with Gasteiger partial charge in [-0.1, -0.05) is 13.8 Å². The number of aromatic nitrogens is 1. The highest BCUT2D eigenvalue weighted by Gasteiger charge is 2.37. The average molecular weight is 478 g/mol. The fourth-order valence-electron chi connectivity index (χ4n) is 4.46. The number of ketones is 1. The topological polar surface area (TPSA) is 91.5 Å². The van der Waals surface area contributed by atoms with Crippen LogP contribution in [0.1, 0.15) is 49.3 Å². The molecule has 2 aromatic carbocycles. The van der Waals surface area contributed by atoms with Crippen LogP contribution in [0.25, 0.3) is 16.5 Å². The number of halogens is 1. The van der Waals surface area contributed by atoms with E-state index in [-0.39, 0.29) is 37.0 Å². The van der Waals surface area contributed by atoms with Crippen LogP contribution in [0.2, 0.25) is 0 Å². The molecule has 182 valence electrons. The number of rotatable bonds is 6. The normalized spacial score (nSPS) is 14.7. The summed E-state index contributed by atoms with van der Waals surface area (Å²) in [5.74, 6) is -1.32. The number of amides is 1. The van der Waals surface area contributed by atoms with E-state index >= 15 is 0 Å². The molecule has 35 heavy (non-hydrogen) atoms. The first-order valence-electron chi connectivity index (χ1n) is 11.5. The van der Waals surface area contributed by atoms with Gasteiger partial charge in [0.2, 0.25) is 0 Å². The van der Waals surface area contributed by atoms with Crippen LogP contribution in [0.15, 0.2) is 48.7 Å². The molecule has 0 radical (unpaired) electrons. The van der Waals surface area contributed by atoms with Crippen LogP contribution >= 0.6 is 0 Å². The van der Waals surface area contributed by atoms with E-state index in [2.05, 4.69) is 10.3 Å². The summed E-state index contributed by atoms with van der Waals surface area (Å²) < 4.78 is 18.8. The van der Waals surface area contributed by atoms with Crippen molar-refractivity contribution in [2.24, 2.45) is 0 Å². The molecule has 7 nitrogen and oxygen atoms in total. The molecule has 2 heterocycles. The van der Waals surface area contributed by atoms with Gasteiger partial charge in [-0.25, -0.2) is 9.18 Å². The number of fused-ring (bicyclic) bond motifs is 3. The Balaban J connectivity index is 1.85. The van der Waals surface area contributed by atoms with Crippen molar-refractivity contribution in [3.05, 3.63) is 71.3 Å². The molecule has 0 atom stereocenters. The van der Waals surface area contributed by atoms with E-state index in [1.165, 1.54) is 42.3 Å². The van der Waals surface area contributed by atoms with Crippen molar-refractivity contribution >= 4 is 39.8 Å². The second-order valence-corrected chi connectivity index (χ2v) is 9.28. The summed E-state index contributed by atoms with van der Waals surface area (Å²) in [6.07, 6.45) is 1.52. The summed E-state index contributed by atoms with van der Waals surface area (Å²) in [4.78, 5) is 42.7. The molecule has 0 saturated carbocycles. The molecule has 3 aromatic rings. The number of anilines is 1. The summed E-state index contributed by atoms with van der Waals surface area (Å²) in [7, 11) is 0. The van der Waals surface area contributed by atoms with Crippen molar-refractivity contribution in [1.82, 2.24) is 9.88 Å². The zero-order valence-corrected chi connectivity index (χ0v) is 20.2. The lowest BCUT2D eigenvalue weighted by Crippen LogP contribution is -2.37. The van der Waals surface area contributed by atoms with Gasteiger partial charge in [0.15, 0.2) is 0 Å². The number of nitrogens with one attached hydrogen (secondary N) is 2. The molecule has 0 fully saturated rings. The molecule has 1 amide bonds.